The minimum atomic E-state index is -1.08. The molecule has 0 amide bonds. The molecule has 3 rings (SSSR count). The van der Waals surface area contributed by atoms with Crippen LogP contribution in [0.5, 0.6) is 0 Å². The van der Waals surface area contributed by atoms with Crippen LogP contribution in [0.4, 0.5) is 4.39 Å². The van der Waals surface area contributed by atoms with E-state index in [1.165, 1.54) is 23.1 Å². The van der Waals surface area contributed by atoms with Crippen molar-refractivity contribution in [2.24, 2.45) is 11.8 Å². The summed E-state index contributed by atoms with van der Waals surface area (Å²) in [6.45, 7) is 3.56. The fourth-order valence-corrected chi connectivity index (χ4v) is 2.77. The van der Waals surface area contributed by atoms with Crippen molar-refractivity contribution >= 4 is 22.8 Å². The largest absolute Gasteiger partial charge is 0.460 e. The summed E-state index contributed by atoms with van der Waals surface area (Å²) in [5.41, 5.74) is 1.23. The van der Waals surface area contributed by atoms with Gasteiger partial charge in [0, 0.05) is 17.6 Å². The molecule has 27 heavy (non-hydrogen) atoms. The summed E-state index contributed by atoms with van der Waals surface area (Å²) in [6, 6.07) is 15.1. The van der Waals surface area contributed by atoms with Crippen LogP contribution in [0.3, 0.4) is 0 Å². The van der Waals surface area contributed by atoms with Gasteiger partial charge in [-0.1, -0.05) is 44.2 Å². The van der Waals surface area contributed by atoms with E-state index in [1.54, 1.807) is 26.0 Å². The molecular formula is C21H20FNO4. The van der Waals surface area contributed by atoms with E-state index in [4.69, 9.17) is 9.57 Å². The minimum Gasteiger partial charge on any atom is -0.460 e. The van der Waals surface area contributed by atoms with Crippen molar-refractivity contribution in [2.75, 3.05) is 0 Å². The highest BCUT2D eigenvalue weighted by atomic mass is 19.1. The fraction of sp³-hybridized carbons (Fsp3) is 0.238. The maximum atomic E-state index is 13.5. The number of rotatable bonds is 6. The van der Waals surface area contributed by atoms with Gasteiger partial charge in [-0.3, -0.25) is 4.79 Å². The zero-order valence-electron chi connectivity index (χ0n) is 15.1. The van der Waals surface area contributed by atoms with E-state index in [9.17, 15) is 14.0 Å². The second-order valence-corrected chi connectivity index (χ2v) is 6.57. The summed E-state index contributed by atoms with van der Waals surface area (Å²) in [4.78, 5) is 30.4. The Balaban J connectivity index is 1.72. The zero-order valence-corrected chi connectivity index (χ0v) is 15.1. The first-order chi connectivity index (χ1) is 13.0. The molecule has 0 N–H and O–H groups in total. The van der Waals surface area contributed by atoms with Crippen LogP contribution < -0.4 is 4.84 Å². The first kappa shape index (κ1) is 18.6. The van der Waals surface area contributed by atoms with Gasteiger partial charge in [-0.15, -0.1) is 0 Å². The van der Waals surface area contributed by atoms with Crippen molar-refractivity contribution in [1.82, 2.24) is 4.73 Å². The number of fused-ring (bicyclic) bond motifs is 1. The minimum absolute atomic E-state index is 0.0772. The molecule has 0 bridgehead atoms. The lowest BCUT2D eigenvalue weighted by molar-refractivity contribution is -0.165. The van der Waals surface area contributed by atoms with Crippen molar-refractivity contribution in [3.8, 4) is 0 Å². The molecule has 0 spiro atoms. The summed E-state index contributed by atoms with van der Waals surface area (Å²) >= 11 is 0. The van der Waals surface area contributed by atoms with Gasteiger partial charge >= 0.3 is 11.9 Å². The summed E-state index contributed by atoms with van der Waals surface area (Å²) in [5, 5.41) is 0.719. The molecule has 5 nitrogen and oxygen atoms in total. The molecule has 0 aliphatic carbocycles. The average Bonchev–Trinajstić information content (AvgIpc) is 3.02. The van der Waals surface area contributed by atoms with Crippen LogP contribution in [0, 0.1) is 17.7 Å². The molecule has 0 fully saturated rings. The number of aromatic nitrogens is 1. The maximum Gasteiger partial charge on any atom is 0.347 e. The third-order valence-corrected chi connectivity index (χ3v) is 4.21. The second-order valence-electron chi connectivity index (χ2n) is 6.57. The van der Waals surface area contributed by atoms with Gasteiger partial charge in [-0.2, -0.15) is 4.73 Å². The van der Waals surface area contributed by atoms with Gasteiger partial charge in [-0.05, 0) is 29.7 Å². The Labute approximate surface area is 156 Å². The van der Waals surface area contributed by atoms with Crippen LogP contribution in [0.25, 0.3) is 10.9 Å². The lowest BCUT2D eigenvalue weighted by Gasteiger charge is -2.18. The van der Waals surface area contributed by atoms with E-state index in [-0.39, 0.29) is 12.5 Å². The predicted octanol–water partition coefficient (Wildman–Crippen LogP) is 3.75. The quantitative estimate of drug-likeness (QED) is 0.490. The van der Waals surface area contributed by atoms with Crippen LogP contribution in [-0.2, 0) is 20.9 Å². The molecule has 2 aromatic carbocycles. The number of esters is 1. The van der Waals surface area contributed by atoms with Crippen molar-refractivity contribution in [3.05, 3.63) is 72.2 Å². The SMILES string of the molecule is CC(C)[C@@H](C(=O)OCc1ccccc1)C(=O)On1ccc2ccc(F)cc21. The third kappa shape index (κ3) is 4.34. The summed E-state index contributed by atoms with van der Waals surface area (Å²) in [6.07, 6.45) is 1.51. The molecule has 0 aliphatic heterocycles. The molecule has 0 saturated heterocycles. The molecule has 0 aliphatic rings. The lowest BCUT2D eigenvalue weighted by atomic mass is 9.96. The molecule has 0 unspecified atom stereocenters. The lowest BCUT2D eigenvalue weighted by Crippen LogP contribution is -2.36. The van der Waals surface area contributed by atoms with Gasteiger partial charge in [0.25, 0.3) is 0 Å². The Kier molecular flexibility index (Phi) is 5.54. The van der Waals surface area contributed by atoms with E-state index in [1.807, 2.05) is 30.3 Å². The second kappa shape index (κ2) is 8.03. The molecule has 6 heteroatoms. The monoisotopic (exact) mass is 369 g/mol. The van der Waals surface area contributed by atoms with Crippen molar-refractivity contribution in [3.63, 3.8) is 0 Å². The number of benzene rings is 2. The van der Waals surface area contributed by atoms with Gasteiger partial charge in [-0.25, -0.2) is 9.18 Å². The summed E-state index contributed by atoms with van der Waals surface area (Å²) in [7, 11) is 0. The summed E-state index contributed by atoms with van der Waals surface area (Å²) in [5.74, 6) is -3.24. The molecule has 0 saturated carbocycles. The summed E-state index contributed by atoms with van der Waals surface area (Å²) < 4.78 is 19.9. The van der Waals surface area contributed by atoms with Crippen LogP contribution in [0.1, 0.15) is 19.4 Å². The van der Waals surface area contributed by atoms with E-state index >= 15 is 0 Å². The highest BCUT2D eigenvalue weighted by molar-refractivity contribution is 5.95. The molecular weight excluding hydrogens is 349 g/mol. The van der Waals surface area contributed by atoms with Crippen LogP contribution in [0.2, 0.25) is 0 Å². The van der Waals surface area contributed by atoms with Crippen molar-refractivity contribution < 1.29 is 23.6 Å². The standard InChI is InChI=1S/C21H20FNO4/c1-14(2)19(20(24)26-13-15-6-4-3-5-7-15)21(25)27-23-11-10-16-8-9-17(22)12-18(16)23/h3-12,14,19H,13H2,1-2H3/t19-/m0/s1. The topological polar surface area (TPSA) is 57.5 Å². The average molecular weight is 369 g/mol. The Morgan fingerprint density at radius 2 is 1.78 bits per heavy atom. The van der Waals surface area contributed by atoms with Crippen LogP contribution in [-0.4, -0.2) is 16.7 Å². The molecule has 3 aromatic rings. The Bertz CT molecular complexity index is 949. The number of ether oxygens (including phenoxy) is 1. The number of hydrogen-bond acceptors (Lipinski definition) is 4. The van der Waals surface area contributed by atoms with Gasteiger partial charge in [0.2, 0.25) is 0 Å². The van der Waals surface area contributed by atoms with E-state index < -0.39 is 23.7 Å². The first-order valence-corrected chi connectivity index (χ1v) is 8.65. The normalized spacial score (nSPS) is 12.1. The number of carbonyl (C=O) groups excluding carboxylic acids is 2. The molecule has 1 atom stereocenters. The van der Waals surface area contributed by atoms with Crippen molar-refractivity contribution in [1.29, 1.82) is 0 Å². The Hall–Kier alpha value is -3.15. The highest BCUT2D eigenvalue weighted by Gasteiger charge is 2.34. The maximum absolute atomic E-state index is 13.5. The third-order valence-electron chi connectivity index (χ3n) is 4.21. The molecule has 0 radical (unpaired) electrons. The van der Waals surface area contributed by atoms with Gasteiger partial charge in [0.05, 0.1) is 5.52 Å². The fourth-order valence-electron chi connectivity index (χ4n) is 2.77. The smallest absolute Gasteiger partial charge is 0.347 e. The predicted molar refractivity (Wildman–Crippen MR) is 98.0 cm³/mol. The van der Waals surface area contributed by atoms with Crippen LogP contribution in [0.15, 0.2) is 60.8 Å². The number of halogens is 1. The number of hydrogen-bond donors (Lipinski definition) is 0. The van der Waals surface area contributed by atoms with E-state index in [0.29, 0.717) is 5.52 Å². The molecule has 1 aromatic heterocycles. The molecule has 140 valence electrons. The van der Waals surface area contributed by atoms with E-state index in [0.717, 1.165) is 10.9 Å². The van der Waals surface area contributed by atoms with Crippen molar-refractivity contribution in [2.45, 2.75) is 20.5 Å². The van der Waals surface area contributed by atoms with E-state index in [2.05, 4.69) is 0 Å². The highest BCUT2D eigenvalue weighted by Crippen LogP contribution is 2.19. The Morgan fingerprint density at radius 3 is 2.48 bits per heavy atom. The first-order valence-electron chi connectivity index (χ1n) is 8.65. The van der Waals surface area contributed by atoms with Crippen LogP contribution >= 0.6 is 0 Å². The van der Waals surface area contributed by atoms with Gasteiger partial charge in [0.15, 0.2) is 5.92 Å². The zero-order chi connectivity index (χ0) is 19.4. The van der Waals surface area contributed by atoms with Gasteiger partial charge < -0.3 is 9.57 Å². The molecule has 1 heterocycles. The number of nitrogens with zero attached hydrogens (tertiary/aromatic N) is 1. The Morgan fingerprint density at radius 1 is 1.04 bits per heavy atom. The van der Waals surface area contributed by atoms with Gasteiger partial charge in [0.1, 0.15) is 12.4 Å². The number of carbonyl (C=O) groups is 2.